The monoisotopic (exact) mass is 325 g/mol. The first-order chi connectivity index (χ1) is 12.8. The minimum absolute atomic E-state index is 0.743. The molecule has 26 heavy (non-hydrogen) atoms. The third kappa shape index (κ3) is 4.47. The van der Waals surface area contributed by atoms with Crippen LogP contribution in [0.25, 0.3) is 0 Å². The summed E-state index contributed by atoms with van der Waals surface area (Å²) in [6.45, 7) is 0. The van der Waals surface area contributed by atoms with Crippen molar-refractivity contribution in [2.75, 3.05) is 0 Å². The van der Waals surface area contributed by atoms with Gasteiger partial charge in [-0.25, -0.2) is 0 Å². The quantitative estimate of drug-likeness (QED) is 0.424. The Balaban J connectivity index is 1.71. The third-order valence-corrected chi connectivity index (χ3v) is 3.67. The number of rotatable bonds is 0. The lowest BCUT2D eigenvalue weighted by molar-refractivity contribution is 1.57. The van der Waals surface area contributed by atoms with Crippen LogP contribution in [0.2, 0.25) is 0 Å². The first kappa shape index (κ1) is 16.7. The number of hydrogen-bond acceptors (Lipinski definition) is 0. The van der Waals surface area contributed by atoms with Gasteiger partial charge >= 0.3 is 0 Å². The Morgan fingerprint density at radius 1 is 0.462 bits per heavy atom. The average molecular weight is 325 g/mol. The molecule has 0 heterocycles. The minimum atomic E-state index is 0.743. The van der Waals surface area contributed by atoms with Gasteiger partial charge in [-0.05, 0) is 48.5 Å². The molecule has 0 unspecified atom stereocenters. The van der Waals surface area contributed by atoms with Crippen molar-refractivity contribution in [3.63, 3.8) is 0 Å². The number of benzene rings is 3. The summed E-state index contributed by atoms with van der Waals surface area (Å²) in [6, 6.07) is 22.9. The predicted molar refractivity (Wildman–Crippen MR) is 105 cm³/mol. The molecule has 0 saturated heterocycles. The van der Waals surface area contributed by atoms with E-state index in [4.69, 9.17) is 12.8 Å². The summed E-state index contributed by atoms with van der Waals surface area (Å²) < 4.78 is 0. The van der Waals surface area contributed by atoms with Crippen LogP contribution in [0.1, 0.15) is 33.4 Å². The van der Waals surface area contributed by atoms with E-state index in [0.717, 1.165) is 33.4 Å². The molecule has 0 aliphatic carbocycles. The molecule has 3 rings (SSSR count). The molecule has 0 heteroatoms. The van der Waals surface area contributed by atoms with Crippen LogP contribution in [-0.4, -0.2) is 0 Å². The van der Waals surface area contributed by atoms with Crippen LogP contribution in [0.5, 0.6) is 0 Å². The molecule has 0 spiro atoms. The SMILES string of the molecule is [C-]#Cc1ccc(C#Cc2ccc(C#Cc3ccc(C#C)cc3)cc2)cc1. The van der Waals surface area contributed by atoms with Crippen LogP contribution >= 0.6 is 0 Å². The molecule has 0 radical (unpaired) electrons. The largest absolute Gasteiger partial charge is 0.366 e. The molecule has 0 bridgehead atoms. The molecule has 0 N–H and O–H groups in total. The summed E-state index contributed by atoms with van der Waals surface area (Å²) in [5.41, 5.74) is 5.29. The van der Waals surface area contributed by atoms with Gasteiger partial charge in [0.1, 0.15) is 0 Å². The maximum Gasteiger partial charge on any atom is 0.0249 e. The fourth-order valence-electron chi connectivity index (χ4n) is 2.21. The Labute approximate surface area is 154 Å². The lowest BCUT2D eigenvalue weighted by Crippen LogP contribution is -1.80. The van der Waals surface area contributed by atoms with Gasteiger partial charge < -0.3 is 6.42 Å². The third-order valence-electron chi connectivity index (χ3n) is 3.67. The van der Waals surface area contributed by atoms with E-state index in [0.29, 0.717) is 0 Å². The first-order valence-corrected chi connectivity index (χ1v) is 8.00. The van der Waals surface area contributed by atoms with Gasteiger partial charge in [0.15, 0.2) is 0 Å². The van der Waals surface area contributed by atoms with Crippen molar-refractivity contribution in [1.29, 1.82) is 0 Å². The van der Waals surface area contributed by atoms with Gasteiger partial charge in [-0.15, -0.1) is 24.1 Å². The average Bonchev–Trinajstić information content (AvgIpc) is 2.72. The van der Waals surface area contributed by atoms with Crippen LogP contribution < -0.4 is 0 Å². The van der Waals surface area contributed by atoms with Crippen LogP contribution in [0, 0.1) is 48.4 Å². The highest BCUT2D eigenvalue weighted by molar-refractivity contribution is 5.49. The minimum Gasteiger partial charge on any atom is -0.366 e. The second-order valence-electron chi connectivity index (χ2n) is 5.50. The zero-order valence-electron chi connectivity index (χ0n) is 14.0. The van der Waals surface area contributed by atoms with E-state index in [1.807, 2.05) is 72.8 Å². The first-order valence-electron chi connectivity index (χ1n) is 8.00. The van der Waals surface area contributed by atoms with Crippen molar-refractivity contribution in [2.45, 2.75) is 0 Å². The van der Waals surface area contributed by atoms with Crippen molar-refractivity contribution in [2.24, 2.45) is 0 Å². The summed E-state index contributed by atoms with van der Waals surface area (Å²) >= 11 is 0. The van der Waals surface area contributed by atoms with Gasteiger partial charge in [0, 0.05) is 27.8 Å². The van der Waals surface area contributed by atoms with Crippen molar-refractivity contribution in [1.82, 2.24) is 0 Å². The summed E-state index contributed by atoms with van der Waals surface area (Å²) in [7, 11) is 0. The van der Waals surface area contributed by atoms with Gasteiger partial charge in [0.2, 0.25) is 0 Å². The molecule has 3 aromatic rings. The molecule has 0 saturated carbocycles. The molecule has 3 aromatic carbocycles. The van der Waals surface area contributed by atoms with Gasteiger partial charge in [-0.3, -0.25) is 5.92 Å². The molecule has 0 aliphatic heterocycles. The summed E-state index contributed by atoms with van der Waals surface area (Å²) in [4.78, 5) is 0. The second-order valence-corrected chi connectivity index (χ2v) is 5.50. The predicted octanol–water partition coefficient (Wildman–Crippen LogP) is 4.41. The molecule has 0 amide bonds. The molecule has 0 aromatic heterocycles. The van der Waals surface area contributed by atoms with E-state index in [2.05, 4.69) is 35.5 Å². The van der Waals surface area contributed by atoms with Crippen molar-refractivity contribution < 1.29 is 0 Å². The molecule has 0 atom stereocenters. The van der Waals surface area contributed by atoms with Gasteiger partial charge in [0.05, 0.1) is 0 Å². The molecule has 118 valence electrons. The van der Waals surface area contributed by atoms with Crippen LogP contribution in [0.3, 0.4) is 0 Å². The highest BCUT2D eigenvalue weighted by Crippen LogP contribution is 2.06. The Bertz CT molecular complexity index is 1010. The van der Waals surface area contributed by atoms with Gasteiger partial charge in [-0.1, -0.05) is 41.7 Å². The number of terminal acetylenes is 1. The van der Waals surface area contributed by atoms with E-state index in [-0.39, 0.29) is 0 Å². The zero-order valence-corrected chi connectivity index (χ0v) is 14.0. The lowest BCUT2D eigenvalue weighted by atomic mass is 10.1. The van der Waals surface area contributed by atoms with Crippen molar-refractivity contribution >= 4 is 0 Å². The normalized spacial score (nSPS) is 8.85. The summed E-state index contributed by atoms with van der Waals surface area (Å²) in [6.07, 6.45) is 12.4. The van der Waals surface area contributed by atoms with Crippen LogP contribution in [0.15, 0.2) is 72.8 Å². The zero-order chi connectivity index (χ0) is 18.2. The standard InChI is InChI=1S/C26H13/c1-3-21-5-9-23(10-6-21)13-15-25-17-19-26(20-18-25)16-14-24-11-7-22(4-2)8-12-24/h1,5-12,17-20H/q-1. The van der Waals surface area contributed by atoms with Crippen molar-refractivity contribution in [3.05, 3.63) is 113 Å². The Morgan fingerprint density at radius 3 is 1.00 bits per heavy atom. The maximum atomic E-state index is 7.07. The fraction of sp³-hybridized carbons (Fsp3) is 0. The van der Waals surface area contributed by atoms with E-state index in [9.17, 15) is 0 Å². The van der Waals surface area contributed by atoms with Crippen molar-refractivity contribution in [3.8, 4) is 41.9 Å². The number of hydrogen-bond donors (Lipinski definition) is 0. The highest BCUT2D eigenvalue weighted by atomic mass is 13.9. The molecule has 0 nitrogen and oxygen atoms in total. The van der Waals surface area contributed by atoms with E-state index < -0.39 is 0 Å². The highest BCUT2D eigenvalue weighted by Gasteiger charge is 1.91. The Morgan fingerprint density at radius 2 is 0.731 bits per heavy atom. The smallest absolute Gasteiger partial charge is 0.0249 e. The topological polar surface area (TPSA) is 0 Å². The van der Waals surface area contributed by atoms with Gasteiger partial charge in [0.25, 0.3) is 0 Å². The van der Waals surface area contributed by atoms with Crippen LogP contribution in [-0.2, 0) is 0 Å². The summed E-state index contributed by atoms with van der Waals surface area (Å²) in [5.74, 6) is 17.4. The molecular formula is C26H13-. The summed E-state index contributed by atoms with van der Waals surface area (Å²) in [5, 5.41) is 0. The molecule has 0 fully saturated rings. The van der Waals surface area contributed by atoms with Crippen LogP contribution in [0.4, 0.5) is 0 Å². The van der Waals surface area contributed by atoms with E-state index >= 15 is 0 Å². The molecule has 0 aliphatic rings. The lowest BCUT2D eigenvalue weighted by Gasteiger charge is -1.98. The maximum absolute atomic E-state index is 7.07. The van der Waals surface area contributed by atoms with E-state index in [1.165, 1.54) is 0 Å². The van der Waals surface area contributed by atoms with Gasteiger partial charge in [-0.2, -0.15) is 0 Å². The molecular weight excluding hydrogens is 312 g/mol. The fourth-order valence-corrected chi connectivity index (χ4v) is 2.21. The Kier molecular flexibility index (Phi) is 5.24. The Hall–Kier alpha value is -4.10. The van der Waals surface area contributed by atoms with E-state index in [1.54, 1.807) is 0 Å². The second kappa shape index (κ2) is 8.13.